The fourth-order valence-electron chi connectivity index (χ4n) is 2.54. The fourth-order valence-corrected chi connectivity index (χ4v) is 2.67. The Kier molecular flexibility index (Phi) is 3.53. The molecule has 0 aliphatic heterocycles. The van der Waals surface area contributed by atoms with Crippen molar-refractivity contribution in [3.63, 3.8) is 0 Å². The first-order valence-corrected chi connectivity index (χ1v) is 6.23. The molecule has 1 aliphatic rings. The van der Waals surface area contributed by atoms with Crippen LogP contribution in [0.4, 0.5) is 8.78 Å². The standard InChI is InChI=1S/C13H13ClF2O3/c14-10-3-1-8(2-4-10)13(19,11(17)18)9-5-6-12(15,16)7-9/h1-4,9,19H,5-7H2,(H,17,18)/t9-,13+/m1/s1. The van der Waals surface area contributed by atoms with Gasteiger partial charge in [0.25, 0.3) is 0 Å². The summed E-state index contributed by atoms with van der Waals surface area (Å²) in [5.41, 5.74) is -2.23. The number of carbonyl (C=O) groups is 1. The molecule has 6 heteroatoms. The van der Waals surface area contributed by atoms with Crippen LogP contribution in [-0.4, -0.2) is 22.1 Å². The second kappa shape index (κ2) is 4.72. The highest BCUT2D eigenvalue weighted by molar-refractivity contribution is 6.30. The molecule has 0 saturated heterocycles. The van der Waals surface area contributed by atoms with E-state index in [4.69, 9.17) is 11.6 Å². The third-order valence-electron chi connectivity index (χ3n) is 3.60. The Labute approximate surface area is 113 Å². The second-order valence-electron chi connectivity index (χ2n) is 4.87. The summed E-state index contributed by atoms with van der Waals surface area (Å²) in [4.78, 5) is 11.4. The van der Waals surface area contributed by atoms with E-state index in [1.165, 1.54) is 24.3 Å². The van der Waals surface area contributed by atoms with E-state index in [0.29, 0.717) is 5.02 Å². The van der Waals surface area contributed by atoms with E-state index >= 15 is 0 Å². The average Bonchev–Trinajstić information content (AvgIpc) is 2.69. The van der Waals surface area contributed by atoms with Gasteiger partial charge < -0.3 is 10.2 Å². The molecule has 0 aromatic heterocycles. The normalized spacial score (nSPS) is 24.9. The summed E-state index contributed by atoms with van der Waals surface area (Å²) >= 11 is 5.70. The summed E-state index contributed by atoms with van der Waals surface area (Å²) in [6.45, 7) is 0. The molecule has 2 rings (SSSR count). The molecule has 19 heavy (non-hydrogen) atoms. The van der Waals surface area contributed by atoms with Gasteiger partial charge in [0, 0.05) is 23.8 Å². The van der Waals surface area contributed by atoms with Crippen molar-refractivity contribution < 1.29 is 23.8 Å². The number of hydrogen-bond donors (Lipinski definition) is 2. The molecule has 0 unspecified atom stereocenters. The van der Waals surface area contributed by atoms with Crippen molar-refractivity contribution in [2.45, 2.75) is 30.8 Å². The maximum Gasteiger partial charge on any atom is 0.340 e. The molecule has 0 spiro atoms. The molecule has 0 amide bonds. The van der Waals surface area contributed by atoms with Crippen LogP contribution in [0, 0.1) is 5.92 Å². The SMILES string of the molecule is O=C(O)[C@](O)(c1ccc(Cl)cc1)[C@@H]1CCC(F)(F)C1. The van der Waals surface area contributed by atoms with Crippen LogP contribution in [0.3, 0.4) is 0 Å². The number of carboxylic acid groups (broad SMARTS) is 1. The van der Waals surface area contributed by atoms with Gasteiger partial charge in [-0.15, -0.1) is 0 Å². The van der Waals surface area contributed by atoms with E-state index < -0.39 is 36.3 Å². The zero-order valence-electron chi connectivity index (χ0n) is 9.94. The van der Waals surface area contributed by atoms with Crippen molar-refractivity contribution in [2.24, 2.45) is 5.92 Å². The van der Waals surface area contributed by atoms with E-state index in [9.17, 15) is 23.8 Å². The largest absolute Gasteiger partial charge is 0.479 e. The van der Waals surface area contributed by atoms with Gasteiger partial charge >= 0.3 is 5.97 Å². The Morgan fingerprint density at radius 3 is 2.37 bits per heavy atom. The highest BCUT2D eigenvalue weighted by atomic mass is 35.5. The van der Waals surface area contributed by atoms with Gasteiger partial charge in [-0.25, -0.2) is 13.6 Å². The molecule has 104 valence electrons. The van der Waals surface area contributed by atoms with Crippen molar-refractivity contribution in [3.8, 4) is 0 Å². The molecule has 0 radical (unpaired) electrons. The third-order valence-corrected chi connectivity index (χ3v) is 3.86. The van der Waals surface area contributed by atoms with Crippen LogP contribution in [-0.2, 0) is 10.4 Å². The van der Waals surface area contributed by atoms with Gasteiger partial charge in [-0.2, -0.15) is 0 Å². The number of hydrogen-bond acceptors (Lipinski definition) is 2. The lowest BCUT2D eigenvalue weighted by Crippen LogP contribution is -2.42. The predicted octanol–water partition coefficient (Wildman–Crippen LogP) is 3.05. The summed E-state index contributed by atoms with van der Waals surface area (Å²) in [5, 5.41) is 20.0. The van der Waals surface area contributed by atoms with E-state index in [1.807, 2.05) is 0 Å². The molecule has 1 aromatic rings. The van der Waals surface area contributed by atoms with Crippen molar-refractivity contribution in [3.05, 3.63) is 34.9 Å². The van der Waals surface area contributed by atoms with Crippen LogP contribution < -0.4 is 0 Å². The van der Waals surface area contributed by atoms with Gasteiger partial charge in [0.15, 0.2) is 5.60 Å². The Morgan fingerprint density at radius 1 is 1.37 bits per heavy atom. The summed E-state index contributed by atoms with van der Waals surface area (Å²) < 4.78 is 26.5. The third kappa shape index (κ3) is 2.58. The lowest BCUT2D eigenvalue weighted by molar-refractivity contribution is -0.167. The monoisotopic (exact) mass is 290 g/mol. The molecule has 2 atom stereocenters. The van der Waals surface area contributed by atoms with Crippen molar-refractivity contribution in [1.82, 2.24) is 0 Å². The molecular weight excluding hydrogens is 278 g/mol. The first-order valence-electron chi connectivity index (χ1n) is 5.85. The highest BCUT2D eigenvalue weighted by Crippen LogP contribution is 2.47. The first-order chi connectivity index (χ1) is 8.75. The van der Waals surface area contributed by atoms with Crippen molar-refractivity contribution in [2.75, 3.05) is 0 Å². The molecule has 1 saturated carbocycles. The maximum absolute atomic E-state index is 13.2. The summed E-state index contributed by atoms with van der Waals surface area (Å²) in [7, 11) is 0. The maximum atomic E-state index is 13.2. The Bertz CT molecular complexity index is 489. The van der Waals surface area contributed by atoms with Gasteiger partial charge in [0.2, 0.25) is 5.92 Å². The van der Waals surface area contributed by atoms with Crippen LogP contribution in [0.5, 0.6) is 0 Å². The molecule has 1 aliphatic carbocycles. The van der Waals surface area contributed by atoms with Gasteiger partial charge in [0.05, 0.1) is 0 Å². The topological polar surface area (TPSA) is 57.5 Å². The van der Waals surface area contributed by atoms with E-state index in [0.717, 1.165) is 0 Å². The highest BCUT2D eigenvalue weighted by Gasteiger charge is 2.53. The zero-order chi connectivity index (χ0) is 14.3. The van der Waals surface area contributed by atoms with Crippen LogP contribution >= 0.6 is 11.6 Å². The number of carboxylic acids is 1. The number of alkyl halides is 2. The van der Waals surface area contributed by atoms with Crippen LogP contribution in [0.25, 0.3) is 0 Å². The smallest absolute Gasteiger partial charge is 0.340 e. The molecule has 0 bridgehead atoms. The number of halogens is 3. The number of aliphatic carboxylic acids is 1. The minimum Gasteiger partial charge on any atom is -0.479 e. The number of rotatable bonds is 3. The molecule has 2 N–H and O–H groups in total. The quantitative estimate of drug-likeness (QED) is 0.899. The van der Waals surface area contributed by atoms with Gasteiger partial charge in [-0.3, -0.25) is 0 Å². The van der Waals surface area contributed by atoms with Gasteiger partial charge in [0.1, 0.15) is 0 Å². The van der Waals surface area contributed by atoms with Crippen molar-refractivity contribution in [1.29, 1.82) is 0 Å². The lowest BCUT2D eigenvalue weighted by atomic mass is 9.80. The van der Waals surface area contributed by atoms with Crippen molar-refractivity contribution >= 4 is 17.6 Å². The molecule has 1 aromatic carbocycles. The number of aliphatic hydroxyl groups is 1. The lowest BCUT2D eigenvalue weighted by Gasteiger charge is -2.30. The summed E-state index contributed by atoms with van der Waals surface area (Å²) in [6, 6.07) is 5.57. The molecular formula is C13H13ClF2O3. The Balaban J connectivity index is 2.38. The number of benzene rings is 1. The molecule has 3 nitrogen and oxygen atoms in total. The second-order valence-corrected chi connectivity index (χ2v) is 5.31. The minimum absolute atomic E-state index is 0.0293. The van der Waals surface area contributed by atoms with E-state index in [-0.39, 0.29) is 12.0 Å². The zero-order valence-corrected chi connectivity index (χ0v) is 10.7. The van der Waals surface area contributed by atoms with E-state index in [2.05, 4.69) is 0 Å². The fraction of sp³-hybridized carbons (Fsp3) is 0.462. The van der Waals surface area contributed by atoms with Crippen LogP contribution in [0.15, 0.2) is 24.3 Å². The van der Waals surface area contributed by atoms with E-state index in [1.54, 1.807) is 0 Å². The molecule has 0 heterocycles. The summed E-state index contributed by atoms with van der Waals surface area (Å²) in [6.07, 6.45) is -1.06. The van der Waals surface area contributed by atoms with Crippen LogP contribution in [0.2, 0.25) is 5.02 Å². The first kappa shape index (κ1) is 14.2. The Morgan fingerprint density at radius 2 is 1.95 bits per heavy atom. The Hall–Kier alpha value is -1.20. The average molecular weight is 291 g/mol. The summed E-state index contributed by atoms with van der Waals surface area (Å²) in [5.74, 6) is -5.45. The van der Waals surface area contributed by atoms with Gasteiger partial charge in [-0.1, -0.05) is 23.7 Å². The van der Waals surface area contributed by atoms with Gasteiger partial charge in [-0.05, 0) is 24.1 Å². The van der Waals surface area contributed by atoms with Crippen LogP contribution in [0.1, 0.15) is 24.8 Å². The minimum atomic E-state index is -2.92. The predicted molar refractivity (Wildman–Crippen MR) is 65.3 cm³/mol. The molecule has 1 fully saturated rings.